The number of nitrogens with two attached hydrogens (primary N) is 1. The van der Waals surface area contributed by atoms with Crippen LogP contribution in [0.4, 0.5) is 17.2 Å². The molecule has 0 radical (unpaired) electrons. The predicted molar refractivity (Wildman–Crippen MR) is 81.7 cm³/mol. The molecule has 0 saturated carbocycles. The van der Waals surface area contributed by atoms with Crippen molar-refractivity contribution in [1.29, 1.82) is 0 Å². The molecule has 0 amide bonds. The number of nitrogens with zero attached hydrogens (tertiary/aromatic N) is 2. The number of hydrogen-bond donors (Lipinski definition) is 2. The first-order valence-corrected chi connectivity index (χ1v) is 6.67. The Morgan fingerprint density at radius 2 is 1.85 bits per heavy atom. The van der Waals surface area contributed by atoms with Crippen molar-refractivity contribution in [3.8, 4) is 5.75 Å². The van der Waals surface area contributed by atoms with Gasteiger partial charge in [0.2, 0.25) is 5.28 Å². The lowest BCUT2D eigenvalue weighted by molar-refractivity contribution is 0.242. The number of anilines is 3. The van der Waals surface area contributed by atoms with Crippen LogP contribution in [-0.2, 0) is 0 Å². The molecule has 0 fully saturated rings. The minimum Gasteiger partial charge on any atom is -0.491 e. The van der Waals surface area contributed by atoms with Crippen LogP contribution in [0.1, 0.15) is 19.5 Å². The van der Waals surface area contributed by atoms with Gasteiger partial charge in [-0.2, -0.15) is 4.98 Å². The Morgan fingerprint density at radius 3 is 2.45 bits per heavy atom. The molecular weight excluding hydrogens is 276 g/mol. The summed E-state index contributed by atoms with van der Waals surface area (Å²) >= 11 is 5.83. The molecule has 0 aliphatic rings. The van der Waals surface area contributed by atoms with Crippen LogP contribution >= 0.6 is 11.6 Å². The van der Waals surface area contributed by atoms with Crippen LogP contribution in [0.25, 0.3) is 0 Å². The van der Waals surface area contributed by atoms with Gasteiger partial charge in [0.25, 0.3) is 0 Å². The van der Waals surface area contributed by atoms with Gasteiger partial charge in [-0.1, -0.05) is 0 Å². The van der Waals surface area contributed by atoms with Gasteiger partial charge >= 0.3 is 0 Å². The smallest absolute Gasteiger partial charge is 0.224 e. The number of ether oxygens (including phenoxy) is 1. The van der Waals surface area contributed by atoms with E-state index in [0.717, 1.165) is 11.4 Å². The Balaban J connectivity index is 2.18. The molecule has 1 aromatic carbocycles. The molecule has 0 unspecified atom stereocenters. The van der Waals surface area contributed by atoms with Crippen LogP contribution in [0.2, 0.25) is 5.28 Å². The van der Waals surface area contributed by atoms with Crippen LogP contribution in [0.15, 0.2) is 24.3 Å². The molecule has 1 aromatic heterocycles. The fourth-order valence-electron chi connectivity index (χ4n) is 1.67. The Morgan fingerprint density at radius 1 is 1.20 bits per heavy atom. The summed E-state index contributed by atoms with van der Waals surface area (Å²) in [5.74, 6) is 1.32. The lowest BCUT2D eigenvalue weighted by atomic mass is 10.3. The molecule has 106 valence electrons. The lowest BCUT2D eigenvalue weighted by Gasteiger charge is -2.12. The summed E-state index contributed by atoms with van der Waals surface area (Å²) in [6.45, 7) is 5.75. The molecule has 20 heavy (non-hydrogen) atoms. The molecular formula is C14H17ClN4O. The largest absolute Gasteiger partial charge is 0.491 e. The number of benzene rings is 1. The molecule has 0 spiro atoms. The van der Waals surface area contributed by atoms with E-state index in [0.29, 0.717) is 17.2 Å². The molecule has 6 heteroatoms. The van der Waals surface area contributed by atoms with Crippen molar-refractivity contribution in [3.63, 3.8) is 0 Å². The quantitative estimate of drug-likeness (QED) is 0.843. The summed E-state index contributed by atoms with van der Waals surface area (Å²) in [4.78, 5) is 8.08. The molecule has 0 aliphatic carbocycles. The van der Waals surface area contributed by atoms with Gasteiger partial charge in [0, 0.05) is 5.69 Å². The van der Waals surface area contributed by atoms with Crippen molar-refractivity contribution in [1.82, 2.24) is 9.97 Å². The fourth-order valence-corrected chi connectivity index (χ4v) is 1.88. The van der Waals surface area contributed by atoms with Crippen molar-refractivity contribution in [3.05, 3.63) is 35.2 Å². The van der Waals surface area contributed by atoms with E-state index in [-0.39, 0.29) is 11.4 Å². The Hall–Kier alpha value is -2.01. The number of hydrogen-bond acceptors (Lipinski definition) is 5. The van der Waals surface area contributed by atoms with E-state index < -0.39 is 0 Å². The van der Waals surface area contributed by atoms with Crippen molar-refractivity contribution in [2.24, 2.45) is 0 Å². The molecule has 0 bridgehead atoms. The summed E-state index contributed by atoms with van der Waals surface area (Å²) in [5, 5.41) is 3.28. The van der Waals surface area contributed by atoms with Gasteiger partial charge in [-0.15, -0.1) is 0 Å². The van der Waals surface area contributed by atoms with Crippen molar-refractivity contribution in [2.45, 2.75) is 26.9 Å². The second-order valence-electron chi connectivity index (χ2n) is 4.66. The summed E-state index contributed by atoms with van der Waals surface area (Å²) < 4.78 is 5.58. The second kappa shape index (κ2) is 5.96. The highest BCUT2D eigenvalue weighted by Crippen LogP contribution is 2.25. The topological polar surface area (TPSA) is 73.1 Å². The van der Waals surface area contributed by atoms with Crippen LogP contribution in [0.5, 0.6) is 5.75 Å². The maximum atomic E-state index is 5.92. The van der Waals surface area contributed by atoms with Crippen molar-refractivity contribution < 1.29 is 4.74 Å². The van der Waals surface area contributed by atoms with E-state index in [1.54, 1.807) is 6.92 Å². The standard InChI is InChI=1S/C14H17ClN4O/c1-8(2)20-11-6-4-10(5-7-11)18-13-12(16)9(3)17-14(15)19-13/h4-8H,16H2,1-3H3,(H,17,18,19). The highest BCUT2D eigenvalue weighted by atomic mass is 35.5. The maximum absolute atomic E-state index is 5.92. The molecule has 0 saturated heterocycles. The average molecular weight is 293 g/mol. The molecule has 5 nitrogen and oxygen atoms in total. The molecule has 3 N–H and O–H groups in total. The molecule has 2 aromatic rings. The third-order valence-corrected chi connectivity index (χ3v) is 2.77. The minimum atomic E-state index is 0.146. The third kappa shape index (κ3) is 3.51. The summed E-state index contributed by atoms with van der Waals surface area (Å²) in [5.41, 5.74) is 7.90. The van der Waals surface area contributed by atoms with Gasteiger partial charge in [0.1, 0.15) is 5.75 Å². The van der Waals surface area contributed by atoms with Crippen LogP contribution in [-0.4, -0.2) is 16.1 Å². The normalized spacial score (nSPS) is 10.7. The van der Waals surface area contributed by atoms with Gasteiger partial charge in [0.15, 0.2) is 5.82 Å². The first kappa shape index (κ1) is 14.4. The number of nitrogen functional groups attached to an aromatic ring is 1. The van der Waals surface area contributed by atoms with Gasteiger partial charge in [-0.3, -0.25) is 0 Å². The summed E-state index contributed by atoms with van der Waals surface area (Å²) in [7, 11) is 0. The third-order valence-electron chi connectivity index (χ3n) is 2.60. The van der Waals surface area contributed by atoms with E-state index in [4.69, 9.17) is 22.1 Å². The van der Waals surface area contributed by atoms with Crippen LogP contribution in [0.3, 0.4) is 0 Å². The van der Waals surface area contributed by atoms with E-state index >= 15 is 0 Å². The van der Waals surface area contributed by atoms with Gasteiger partial charge < -0.3 is 15.8 Å². The van der Waals surface area contributed by atoms with E-state index in [1.165, 1.54) is 0 Å². The summed E-state index contributed by atoms with van der Waals surface area (Å²) in [6, 6.07) is 7.55. The van der Waals surface area contributed by atoms with Crippen molar-refractivity contribution in [2.75, 3.05) is 11.1 Å². The highest BCUT2D eigenvalue weighted by Gasteiger charge is 2.08. The second-order valence-corrected chi connectivity index (χ2v) is 4.99. The number of halogens is 1. The molecule has 0 aliphatic heterocycles. The Bertz CT molecular complexity index is 599. The molecule has 0 atom stereocenters. The zero-order valence-corrected chi connectivity index (χ0v) is 12.4. The Kier molecular flexibility index (Phi) is 4.29. The van der Waals surface area contributed by atoms with E-state index in [9.17, 15) is 0 Å². The zero-order chi connectivity index (χ0) is 14.7. The molecule has 1 heterocycles. The maximum Gasteiger partial charge on any atom is 0.224 e. The predicted octanol–water partition coefficient (Wildman–Crippen LogP) is 3.55. The molecule has 2 rings (SSSR count). The first-order chi connectivity index (χ1) is 9.45. The fraction of sp³-hybridized carbons (Fsp3) is 0.286. The number of aromatic nitrogens is 2. The SMILES string of the molecule is Cc1nc(Cl)nc(Nc2ccc(OC(C)C)cc2)c1N. The minimum absolute atomic E-state index is 0.146. The first-order valence-electron chi connectivity index (χ1n) is 6.29. The average Bonchev–Trinajstić information content (AvgIpc) is 2.37. The van der Waals surface area contributed by atoms with Gasteiger partial charge in [-0.25, -0.2) is 4.98 Å². The lowest BCUT2D eigenvalue weighted by Crippen LogP contribution is -2.06. The van der Waals surface area contributed by atoms with E-state index in [2.05, 4.69) is 15.3 Å². The van der Waals surface area contributed by atoms with Gasteiger partial charge in [-0.05, 0) is 56.6 Å². The highest BCUT2D eigenvalue weighted by molar-refractivity contribution is 6.28. The monoisotopic (exact) mass is 292 g/mol. The Labute approximate surface area is 123 Å². The van der Waals surface area contributed by atoms with E-state index in [1.807, 2.05) is 38.1 Å². The summed E-state index contributed by atoms with van der Waals surface area (Å²) in [6.07, 6.45) is 0.146. The van der Waals surface area contributed by atoms with Crippen LogP contribution < -0.4 is 15.8 Å². The number of rotatable bonds is 4. The van der Waals surface area contributed by atoms with Gasteiger partial charge in [0.05, 0.1) is 17.5 Å². The number of aryl methyl sites for hydroxylation is 1. The van der Waals surface area contributed by atoms with Crippen molar-refractivity contribution >= 4 is 28.8 Å². The number of nitrogens with one attached hydrogen (secondary N) is 1. The zero-order valence-electron chi connectivity index (χ0n) is 11.6. The van der Waals surface area contributed by atoms with Crippen LogP contribution in [0, 0.1) is 6.92 Å².